The highest BCUT2D eigenvalue weighted by Crippen LogP contribution is 2.36. The number of carbonyl (C=O) groups excluding carboxylic acids is 2. The Morgan fingerprint density at radius 2 is 1.88 bits per heavy atom. The van der Waals surface area contributed by atoms with E-state index in [1.807, 2.05) is 30.3 Å². The van der Waals surface area contributed by atoms with Crippen molar-refractivity contribution >= 4 is 57.8 Å². The van der Waals surface area contributed by atoms with E-state index in [0.29, 0.717) is 40.0 Å². The van der Waals surface area contributed by atoms with Gasteiger partial charge in [-0.05, 0) is 83.1 Å². The number of methoxy groups -OCH3 is 1. The molecule has 0 bridgehead atoms. The molecule has 1 aliphatic heterocycles. The number of nitrogens with zero attached hydrogens (tertiary/aromatic N) is 2. The maximum atomic E-state index is 13.0. The van der Waals surface area contributed by atoms with Crippen LogP contribution in [0.2, 0.25) is 5.02 Å². The second-order valence-electron chi connectivity index (χ2n) is 7.48. The highest BCUT2D eigenvalue weighted by Gasteiger charge is 2.33. The molecule has 1 aliphatic rings. The predicted octanol–water partition coefficient (Wildman–Crippen LogP) is 5.97. The molecule has 0 aliphatic carbocycles. The summed E-state index contributed by atoms with van der Waals surface area (Å²) in [4.78, 5) is 25.7. The molecule has 2 amide bonds. The van der Waals surface area contributed by atoms with E-state index in [2.05, 4.69) is 27.7 Å². The molecule has 6 nitrogen and oxygen atoms in total. The molecule has 3 aromatic carbocycles. The van der Waals surface area contributed by atoms with Gasteiger partial charge in [-0.1, -0.05) is 41.9 Å². The zero-order chi connectivity index (χ0) is 24.2. The normalized spacial score (nSPS) is 14.4. The molecule has 8 heteroatoms. The Kier molecular flexibility index (Phi) is 7.33. The predicted molar refractivity (Wildman–Crippen MR) is 140 cm³/mol. The first-order valence-electron chi connectivity index (χ1n) is 10.3. The van der Waals surface area contributed by atoms with Gasteiger partial charge in [-0.2, -0.15) is 10.1 Å². The minimum atomic E-state index is -0.471. The molecule has 0 spiro atoms. The highest BCUT2D eigenvalue weighted by atomic mass is 127. The van der Waals surface area contributed by atoms with Crippen molar-refractivity contribution in [2.45, 2.75) is 13.5 Å². The minimum Gasteiger partial charge on any atom is -0.493 e. The van der Waals surface area contributed by atoms with Crippen molar-refractivity contribution in [3.63, 3.8) is 0 Å². The number of rotatable bonds is 6. The Labute approximate surface area is 216 Å². The van der Waals surface area contributed by atoms with Crippen LogP contribution in [0.15, 0.2) is 77.4 Å². The van der Waals surface area contributed by atoms with Gasteiger partial charge in [0.1, 0.15) is 6.61 Å². The zero-order valence-electron chi connectivity index (χ0n) is 18.4. The molecule has 4 rings (SSSR count). The van der Waals surface area contributed by atoms with E-state index < -0.39 is 11.8 Å². The first-order chi connectivity index (χ1) is 16.4. The van der Waals surface area contributed by atoms with Gasteiger partial charge >= 0.3 is 0 Å². The van der Waals surface area contributed by atoms with Crippen LogP contribution in [0.1, 0.15) is 28.4 Å². The van der Waals surface area contributed by atoms with E-state index in [1.165, 1.54) is 0 Å². The van der Waals surface area contributed by atoms with Gasteiger partial charge in [0.05, 0.1) is 22.0 Å². The smallest absolute Gasteiger partial charge is 0.283 e. The summed E-state index contributed by atoms with van der Waals surface area (Å²) < 4.78 is 12.4. The fourth-order valence-electron chi connectivity index (χ4n) is 3.44. The topological polar surface area (TPSA) is 68.2 Å². The quantitative estimate of drug-likeness (QED) is 0.203. The molecular formula is C26H20ClIN2O4. The summed E-state index contributed by atoms with van der Waals surface area (Å²) >= 11 is 8.22. The van der Waals surface area contributed by atoms with Gasteiger partial charge in [0, 0.05) is 10.6 Å². The Bertz CT molecular complexity index is 1320. The number of ether oxygens (including phenoxy) is 2. The number of benzene rings is 3. The number of carbonyl (C=O) groups is 2. The second-order valence-corrected chi connectivity index (χ2v) is 9.08. The van der Waals surface area contributed by atoms with E-state index in [-0.39, 0.29) is 0 Å². The standard InChI is InChI=1S/C26H20ClIN2O4/c1-16-21(26(32)30(29-16)25(31)19-8-4-3-5-9-19)12-18-13-22(28)24(23(14-18)33-2)34-15-17-7-6-10-20(27)11-17/h3-14H,15H2,1-2H3/b21-12+. The fourth-order valence-corrected chi connectivity index (χ4v) is 4.43. The van der Waals surface area contributed by atoms with Crippen LogP contribution in [0.4, 0.5) is 0 Å². The molecule has 0 radical (unpaired) electrons. The van der Waals surface area contributed by atoms with Crippen LogP contribution in [0, 0.1) is 3.57 Å². The third-order valence-corrected chi connectivity index (χ3v) is 6.15. The van der Waals surface area contributed by atoms with Gasteiger partial charge in [-0.3, -0.25) is 9.59 Å². The van der Waals surface area contributed by atoms with Crippen molar-refractivity contribution < 1.29 is 19.1 Å². The SMILES string of the molecule is COc1cc(/C=C2/C(=O)N(C(=O)c3ccccc3)N=C2C)cc(I)c1OCc1cccc(Cl)c1. The Morgan fingerprint density at radius 1 is 1.12 bits per heavy atom. The lowest BCUT2D eigenvalue weighted by atomic mass is 10.1. The van der Waals surface area contributed by atoms with Crippen LogP contribution in [-0.4, -0.2) is 29.6 Å². The lowest BCUT2D eigenvalue weighted by Gasteiger charge is -2.14. The van der Waals surface area contributed by atoms with Crippen molar-refractivity contribution in [2.75, 3.05) is 7.11 Å². The number of amides is 2. The molecule has 0 saturated carbocycles. The molecular weight excluding hydrogens is 567 g/mol. The number of hydrogen-bond donors (Lipinski definition) is 0. The fraction of sp³-hybridized carbons (Fsp3) is 0.115. The average molecular weight is 587 g/mol. The molecule has 172 valence electrons. The van der Waals surface area contributed by atoms with Gasteiger partial charge in [-0.15, -0.1) is 0 Å². The van der Waals surface area contributed by atoms with E-state index in [1.54, 1.807) is 56.5 Å². The summed E-state index contributed by atoms with van der Waals surface area (Å²) in [5.74, 6) is 0.180. The zero-order valence-corrected chi connectivity index (χ0v) is 21.3. The third kappa shape index (κ3) is 5.15. The Morgan fingerprint density at radius 3 is 2.59 bits per heavy atom. The molecule has 0 aromatic heterocycles. The molecule has 0 N–H and O–H groups in total. The van der Waals surface area contributed by atoms with Gasteiger partial charge < -0.3 is 9.47 Å². The van der Waals surface area contributed by atoms with Crippen molar-refractivity contribution in [2.24, 2.45) is 5.10 Å². The minimum absolute atomic E-state index is 0.328. The van der Waals surface area contributed by atoms with Gasteiger partial charge in [0.2, 0.25) is 0 Å². The summed E-state index contributed by atoms with van der Waals surface area (Å²) in [6, 6.07) is 19.7. The van der Waals surface area contributed by atoms with Crippen LogP contribution in [-0.2, 0) is 11.4 Å². The average Bonchev–Trinajstić information content (AvgIpc) is 3.11. The Hall–Kier alpha value is -3.17. The largest absolute Gasteiger partial charge is 0.493 e. The van der Waals surface area contributed by atoms with E-state index >= 15 is 0 Å². The van der Waals surface area contributed by atoms with Crippen molar-refractivity contribution in [3.05, 3.63) is 97.6 Å². The van der Waals surface area contributed by atoms with Crippen molar-refractivity contribution in [1.82, 2.24) is 5.01 Å². The van der Waals surface area contributed by atoms with E-state index in [4.69, 9.17) is 21.1 Å². The number of imide groups is 1. The second kappa shape index (κ2) is 10.4. The van der Waals surface area contributed by atoms with E-state index in [9.17, 15) is 9.59 Å². The molecule has 34 heavy (non-hydrogen) atoms. The summed E-state index contributed by atoms with van der Waals surface area (Å²) in [6.45, 7) is 2.03. The summed E-state index contributed by atoms with van der Waals surface area (Å²) in [5, 5.41) is 5.74. The number of hydrogen-bond acceptors (Lipinski definition) is 5. The van der Waals surface area contributed by atoms with Crippen molar-refractivity contribution in [1.29, 1.82) is 0 Å². The summed E-state index contributed by atoms with van der Waals surface area (Å²) in [7, 11) is 1.56. The first kappa shape index (κ1) is 24.0. The molecule has 3 aromatic rings. The lowest BCUT2D eigenvalue weighted by Crippen LogP contribution is -2.29. The van der Waals surface area contributed by atoms with Crippen LogP contribution < -0.4 is 9.47 Å². The van der Waals surface area contributed by atoms with Crippen LogP contribution in [0.25, 0.3) is 6.08 Å². The third-order valence-electron chi connectivity index (χ3n) is 5.11. The highest BCUT2D eigenvalue weighted by molar-refractivity contribution is 14.1. The first-order valence-corrected chi connectivity index (χ1v) is 11.8. The van der Waals surface area contributed by atoms with Crippen LogP contribution in [0.3, 0.4) is 0 Å². The molecule has 0 saturated heterocycles. The van der Waals surface area contributed by atoms with Crippen molar-refractivity contribution in [3.8, 4) is 11.5 Å². The number of halogens is 2. The summed E-state index contributed by atoms with van der Waals surface area (Å²) in [6.07, 6.45) is 1.70. The van der Waals surface area contributed by atoms with Crippen LogP contribution in [0.5, 0.6) is 11.5 Å². The maximum Gasteiger partial charge on any atom is 0.283 e. The monoisotopic (exact) mass is 586 g/mol. The van der Waals surface area contributed by atoms with Gasteiger partial charge in [0.15, 0.2) is 11.5 Å². The number of hydrazone groups is 1. The van der Waals surface area contributed by atoms with Crippen LogP contribution >= 0.6 is 34.2 Å². The van der Waals surface area contributed by atoms with E-state index in [0.717, 1.165) is 19.7 Å². The molecule has 0 fully saturated rings. The van der Waals surface area contributed by atoms with Gasteiger partial charge in [0.25, 0.3) is 11.8 Å². The Balaban J connectivity index is 1.58. The molecule has 0 atom stereocenters. The van der Waals surface area contributed by atoms with Gasteiger partial charge in [-0.25, -0.2) is 0 Å². The molecule has 1 heterocycles. The lowest BCUT2D eigenvalue weighted by molar-refractivity contribution is -0.123. The maximum absolute atomic E-state index is 13.0. The molecule has 0 unspecified atom stereocenters. The summed E-state index contributed by atoms with van der Waals surface area (Å²) in [5.41, 5.74) is 2.86.